The van der Waals surface area contributed by atoms with Gasteiger partial charge < -0.3 is 10.2 Å². The quantitative estimate of drug-likeness (QED) is 0.799. The predicted octanol–water partition coefficient (Wildman–Crippen LogP) is 1.70. The second-order valence-electron chi connectivity index (χ2n) is 7.49. The van der Waals surface area contributed by atoms with E-state index in [1.54, 1.807) is 17.9 Å². The van der Waals surface area contributed by atoms with Crippen molar-refractivity contribution in [1.82, 2.24) is 24.9 Å². The molecular formula is C20H23N5O3. The Morgan fingerprint density at radius 1 is 1.21 bits per heavy atom. The number of urea groups is 1. The summed E-state index contributed by atoms with van der Waals surface area (Å²) in [5.74, 6) is -0.556. The molecule has 1 aromatic heterocycles. The Bertz CT molecular complexity index is 902. The maximum atomic E-state index is 12.7. The SMILES string of the molecule is CN(Cc1cnn(-c2ccccc2)c1)C(=O)CN1C(=O)NC2(CCCC2)C1=O. The number of rotatable bonds is 5. The van der Waals surface area contributed by atoms with E-state index in [1.807, 2.05) is 36.5 Å². The zero-order valence-corrected chi connectivity index (χ0v) is 15.8. The molecule has 8 nitrogen and oxygen atoms in total. The summed E-state index contributed by atoms with van der Waals surface area (Å²) < 4.78 is 1.74. The van der Waals surface area contributed by atoms with Crippen molar-refractivity contribution in [3.8, 4) is 5.69 Å². The van der Waals surface area contributed by atoms with E-state index in [0.29, 0.717) is 19.4 Å². The van der Waals surface area contributed by atoms with Crippen LogP contribution >= 0.6 is 0 Å². The van der Waals surface area contributed by atoms with Gasteiger partial charge in [-0.2, -0.15) is 5.10 Å². The molecule has 0 atom stereocenters. The molecule has 146 valence electrons. The number of nitrogens with zero attached hydrogens (tertiary/aromatic N) is 4. The lowest BCUT2D eigenvalue weighted by Gasteiger charge is -2.22. The fraction of sp³-hybridized carbons (Fsp3) is 0.400. The standard InChI is InChI=1S/C20H23N5O3/c1-23(12-15-11-21-25(13-15)16-7-3-2-4-8-16)17(26)14-24-18(27)20(22-19(24)28)9-5-6-10-20/h2-4,7-8,11,13H,5-6,9-10,12,14H2,1H3,(H,22,28). The van der Waals surface area contributed by atoms with Crippen LogP contribution in [0.15, 0.2) is 42.7 Å². The van der Waals surface area contributed by atoms with Crippen molar-refractivity contribution in [1.29, 1.82) is 0 Å². The Morgan fingerprint density at radius 3 is 2.64 bits per heavy atom. The first-order valence-electron chi connectivity index (χ1n) is 9.46. The molecule has 1 saturated carbocycles. The van der Waals surface area contributed by atoms with Crippen LogP contribution in [0.4, 0.5) is 4.79 Å². The van der Waals surface area contributed by atoms with Crippen LogP contribution in [0, 0.1) is 0 Å². The highest BCUT2D eigenvalue weighted by Crippen LogP contribution is 2.34. The first-order valence-corrected chi connectivity index (χ1v) is 9.46. The fourth-order valence-corrected chi connectivity index (χ4v) is 3.92. The van der Waals surface area contributed by atoms with Crippen LogP contribution in [-0.2, 0) is 16.1 Å². The average molecular weight is 381 g/mol. The maximum absolute atomic E-state index is 12.7. The molecule has 0 bridgehead atoms. The molecule has 4 amide bonds. The summed E-state index contributed by atoms with van der Waals surface area (Å²) >= 11 is 0. The summed E-state index contributed by atoms with van der Waals surface area (Å²) in [6, 6.07) is 9.23. The molecule has 1 saturated heterocycles. The minimum atomic E-state index is -0.785. The summed E-state index contributed by atoms with van der Waals surface area (Å²) in [5.41, 5.74) is 1.01. The Balaban J connectivity index is 1.38. The Labute approximate surface area is 163 Å². The van der Waals surface area contributed by atoms with Crippen molar-refractivity contribution in [2.45, 2.75) is 37.8 Å². The summed E-state index contributed by atoms with van der Waals surface area (Å²) in [5, 5.41) is 7.12. The average Bonchev–Trinajstić information content (AvgIpc) is 3.40. The highest BCUT2D eigenvalue weighted by Gasteiger charge is 2.52. The van der Waals surface area contributed by atoms with E-state index in [2.05, 4.69) is 10.4 Å². The van der Waals surface area contributed by atoms with E-state index >= 15 is 0 Å². The van der Waals surface area contributed by atoms with Gasteiger partial charge in [0.25, 0.3) is 5.91 Å². The molecular weight excluding hydrogens is 358 g/mol. The van der Waals surface area contributed by atoms with Gasteiger partial charge in [0.2, 0.25) is 5.91 Å². The van der Waals surface area contributed by atoms with Crippen LogP contribution in [0.25, 0.3) is 5.69 Å². The number of hydrogen-bond acceptors (Lipinski definition) is 4. The maximum Gasteiger partial charge on any atom is 0.325 e. The summed E-state index contributed by atoms with van der Waals surface area (Å²) in [4.78, 5) is 40.1. The monoisotopic (exact) mass is 381 g/mol. The van der Waals surface area contributed by atoms with E-state index < -0.39 is 11.6 Å². The number of likely N-dealkylation sites (N-methyl/N-ethyl adjacent to an activating group) is 1. The molecule has 8 heteroatoms. The summed E-state index contributed by atoms with van der Waals surface area (Å²) in [6.45, 7) is 0.107. The minimum absolute atomic E-state index is 0.240. The summed E-state index contributed by atoms with van der Waals surface area (Å²) in [6.07, 6.45) is 6.70. The second kappa shape index (κ2) is 7.10. The molecule has 2 aliphatic rings. The van der Waals surface area contributed by atoms with Crippen LogP contribution in [0.5, 0.6) is 0 Å². The molecule has 1 aliphatic heterocycles. The first-order chi connectivity index (χ1) is 13.5. The molecule has 4 rings (SSSR count). The molecule has 2 heterocycles. The van der Waals surface area contributed by atoms with Gasteiger partial charge in [-0.3, -0.25) is 14.5 Å². The molecule has 1 spiro atoms. The molecule has 0 unspecified atom stereocenters. The number of para-hydroxylation sites is 1. The van der Waals surface area contributed by atoms with Gasteiger partial charge in [-0.25, -0.2) is 9.48 Å². The normalized spacial score (nSPS) is 18.0. The lowest BCUT2D eigenvalue weighted by molar-refractivity contribution is -0.138. The molecule has 1 aromatic carbocycles. The van der Waals surface area contributed by atoms with Gasteiger partial charge in [0.15, 0.2) is 0 Å². The molecule has 1 N–H and O–H groups in total. The van der Waals surface area contributed by atoms with Crippen molar-refractivity contribution in [2.75, 3.05) is 13.6 Å². The lowest BCUT2D eigenvalue weighted by Crippen LogP contribution is -2.45. The Morgan fingerprint density at radius 2 is 1.93 bits per heavy atom. The van der Waals surface area contributed by atoms with Crippen molar-refractivity contribution in [3.05, 3.63) is 48.3 Å². The van der Waals surface area contributed by atoms with Crippen molar-refractivity contribution in [3.63, 3.8) is 0 Å². The molecule has 28 heavy (non-hydrogen) atoms. The van der Waals surface area contributed by atoms with Crippen molar-refractivity contribution in [2.24, 2.45) is 0 Å². The largest absolute Gasteiger partial charge is 0.340 e. The Kier molecular flexibility index (Phi) is 4.62. The topological polar surface area (TPSA) is 87.5 Å². The van der Waals surface area contributed by atoms with Gasteiger partial charge in [0, 0.05) is 25.4 Å². The zero-order valence-electron chi connectivity index (χ0n) is 15.8. The van der Waals surface area contributed by atoms with Gasteiger partial charge >= 0.3 is 6.03 Å². The number of carbonyl (C=O) groups is 3. The van der Waals surface area contributed by atoms with Gasteiger partial charge in [-0.15, -0.1) is 0 Å². The fourth-order valence-electron chi connectivity index (χ4n) is 3.92. The number of carbonyl (C=O) groups excluding carboxylic acids is 3. The van der Waals surface area contributed by atoms with Crippen LogP contribution < -0.4 is 5.32 Å². The highest BCUT2D eigenvalue weighted by molar-refractivity contribution is 6.09. The van der Waals surface area contributed by atoms with Gasteiger partial charge in [0.05, 0.1) is 11.9 Å². The van der Waals surface area contributed by atoms with Gasteiger partial charge in [0.1, 0.15) is 12.1 Å². The first kappa shape index (κ1) is 18.2. The molecule has 1 aliphatic carbocycles. The highest BCUT2D eigenvalue weighted by atomic mass is 16.2. The number of nitrogens with one attached hydrogen (secondary N) is 1. The molecule has 0 radical (unpaired) electrons. The van der Waals surface area contributed by atoms with E-state index in [4.69, 9.17) is 0 Å². The lowest BCUT2D eigenvalue weighted by atomic mass is 9.98. The van der Waals surface area contributed by atoms with E-state index in [-0.39, 0.29) is 18.4 Å². The van der Waals surface area contributed by atoms with E-state index in [0.717, 1.165) is 29.0 Å². The number of benzene rings is 1. The summed E-state index contributed by atoms with van der Waals surface area (Å²) in [7, 11) is 1.66. The molecule has 2 fully saturated rings. The Hall–Kier alpha value is -3.16. The van der Waals surface area contributed by atoms with Gasteiger partial charge in [-0.1, -0.05) is 31.0 Å². The number of amides is 4. The zero-order chi connectivity index (χ0) is 19.7. The third kappa shape index (κ3) is 3.26. The third-order valence-electron chi connectivity index (χ3n) is 5.50. The number of hydrogen-bond donors (Lipinski definition) is 1. The van der Waals surface area contributed by atoms with Crippen molar-refractivity contribution >= 4 is 17.8 Å². The van der Waals surface area contributed by atoms with Gasteiger partial charge in [-0.05, 0) is 25.0 Å². The van der Waals surface area contributed by atoms with Crippen LogP contribution in [-0.4, -0.2) is 56.6 Å². The third-order valence-corrected chi connectivity index (χ3v) is 5.50. The minimum Gasteiger partial charge on any atom is -0.340 e. The van der Waals surface area contributed by atoms with Crippen LogP contribution in [0.2, 0.25) is 0 Å². The van der Waals surface area contributed by atoms with Crippen LogP contribution in [0.1, 0.15) is 31.2 Å². The predicted molar refractivity (Wildman–Crippen MR) is 101 cm³/mol. The number of aromatic nitrogens is 2. The molecule has 2 aromatic rings. The smallest absolute Gasteiger partial charge is 0.325 e. The second-order valence-corrected chi connectivity index (χ2v) is 7.49. The van der Waals surface area contributed by atoms with Crippen LogP contribution in [0.3, 0.4) is 0 Å². The van der Waals surface area contributed by atoms with E-state index in [1.165, 1.54) is 4.90 Å². The van der Waals surface area contributed by atoms with E-state index in [9.17, 15) is 14.4 Å². The number of imide groups is 1. The van der Waals surface area contributed by atoms with Crippen molar-refractivity contribution < 1.29 is 14.4 Å².